The lowest BCUT2D eigenvalue weighted by molar-refractivity contribution is 0.340. The van der Waals surface area contributed by atoms with Gasteiger partial charge in [-0.2, -0.15) is 0 Å². The predicted octanol–water partition coefficient (Wildman–Crippen LogP) is 2.19. The van der Waals surface area contributed by atoms with Crippen molar-refractivity contribution in [2.75, 3.05) is 12.4 Å². The molecule has 0 radical (unpaired) electrons. The van der Waals surface area contributed by atoms with Crippen LogP contribution in [-0.2, 0) is 9.84 Å². The molecule has 92 valence electrons. The third kappa shape index (κ3) is 4.48. The topological polar surface area (TPSA) is 54.4 Å². The molecule has 0 aliphatic rings. The lowest BCUT2D eigenvalue weighted by Gasteiger charge is -2.01. The van der Waals surface area contributed by atoms with Crippen molar-refractivity contribution in [3.8, 4) is 0 Å². The maximum Gasteiger partial charge on any atom is 0.182 e. The van der Waals surface area contributed by atoms with E-state index in [9.17, 15) is 8.42 Å². The van der Waals surface area contributed by atoms with E-state index in [2.05, 4.69) is 21.7 Å². The summed E-state index contributed by atoms with van der Waals surface area (Å²) in [6.45, 7) is 1.71. The Kier molecular flexibility index (Phi) is 5.15. The number of hydrogen-bond donors (Lipinski definition) is 1. The molecular weight excluding hydrogens is 304 g/mol. The van der Waals surface area contributed by atoms with Crippen molar-refractivity contribution in [1.82, 2.24) is 0 Å². The van der Waals surface area contributed by atoms with Crippen molar-refractivity contribution in [2.45, 2.75) is 11.8 Å². The molecule has 0 saturated heterocycles. The normalized spacial score (nSPS) is 10.8. The summed E-state index contributed by atoms with van der Waals surface area (Å²) in [5, 5.41) is 8.70. The number of sulfone groups is 1. The van der Waals surface area contributed by atoms with Gasteiger partial charge < -0.3 is 5.11 Å². The summed E-state index contributed by atoms with van der Waals surface area (Å²) in [6.07, 6.45) is 1.38. The molecule has 0 unspecified atom stereocenters. The minimum atomic E-state index is -3.31. The van der Waals surface area contributed by atoms with Gasteiger partial charge in [0.2, 0.25) is 0 Å². The molecule has 17 heavy (non-hydrogen) atoms. The first kappa shape index (κ1) is 14.2. The van der Waals surface area contributed by atoms with Crippen LogP contribution >= 0.6 is 15.9 Å². The number of aryl methyl sites for hydroxylation is 1. The Hall–Kier alpha value is -0.870. The summed E-state index contributed by atoms with van der Waals surface area (Å²) in [5.74, 6) is -0.134. The molecule has 1 rings (SSSR count). The highest BCUT2D eigenvalue weighted by Gasteiger charge is 2.11. The van der Waals surface area contributed by atoms with E-state index in [1.165, 1.54) is 6.08 Å². The smallest absolute Gasteiger partial charge is 0.182 e. The Morgan fingerprint density at radius 2 is 2.00 bits per heavy atom. The Morgan fingerprint density at radius 1 is 1.41 bits per heavy atom. The van der Waals surface area contributed by atoms with E-state index in [0.717, 1.165) is 5.56 Å². The maximum absolute atomic E-state index is 11.9. The van der Waals surface area contributed by atoms with Crippen LogP contribution in [-0.4, -0.2) is 25.9 Å². The third-order valence-electron chi connectivity index (χ3n) is 2.08. The molecule has 0 fully saturated rings. The van der Waals surface area contributed by atoms with Crippen molar-refractivity contribution in [3.63, 3.8) is 0 Å². The lowest BCUT2D eigenvalue weighted by atomic mass is 10.2. The average molecular weight is 317 g/mol. The first-order valence-electron chi connectivity index (χ1n) is 4.95. The summed E-state index contributed by atoms with van der Waals surface area (Å²) in [5.41, 5.74) is 3.66. The van der Waals surface area contributed by atoms with Crippen molar-refractivity contribution < 1.29 is 13.5 Å². The highest BCUT2D eigenvalue weighted by atomic mass is 79.9. The Labute approximate surface area is 110 Å². The molecule has 0 heterocycles. The highest BCUT2D eigenvalue weighted by molar-refractivity contribution is 9.11. The monoisotopic (exact) mass is 316 g/mol. The first-order valence-corrected chi connectivity index (χ1v) is 7.40. The van der Waals surface area contributed by atoms with Gasteiger partial charge in [-0.3, -0.25) is 0 Å². The highest BCUT2D eigenvalue weighted by Crippen LogP contribution is 2.12. The molecule has 0 saturated carbocycles. The maximum atomic E-state index is 11.9. The van der Waals surface area contributed by atoms with Crippen LogP contribution in [0.2, 0.25) is 0 Å². The van der Waals surface area contributed by atoms with Crippen LogP contribution in [0.1, 0.15) is 5.56 Å². The number of halogens is 1. The van der Waals surface area contributed by atoms with Gasteiger partial charge in [0.05, 0.1) is 21.7 Å². The Balaban J connectivity index is 2.90. The molecule has 0 spiro atoms. The summed E-state index contributed by atoms with van der Waals surface area (Å²) in [7, 11) is -3.31. The molecule has 1 aromatic carbocycles. The van der Waals surface area contributed by atoms with E-state index in [4.69, 9.17) is 5.11 Å². The van der Waals surface area contributed by atoms with E-state index >= 15 is 0 Å². The molecule has 0 aliphatic carbocycles. The lowest BCUT2D eigenvalue weighted by Crippen LogP contribution is -2.04. The standard InChI is InChI=1S/C12H13BrO3S/c1-10-4-6-12(7-5-10)17(15,16)8-2-3-11(13)9-14/h2,4-7,14H,8-9H2,1H3. The van der Waals surface area contributed by atoms with Gasteiger partial charge in [-0.25, -0.2) is 8.42 Å². The summed E-state index contributed by atoms with van der Waals surface area (Å²) >= 11 is 3.04. The quantitative estimate of drug-likeness (QED) is 0.866. The van der Waals surface area contributed by atoms with Gasteiger partial charge in [-0.1, -0.05) is 17.7 Å². The zero-order chi connectivity index (χ0) is 12.9. The van der Waals surface area contributed by atoms with Gasteiger partial charge in [-0.05, 0) is 41.1 Å². The molecule has 3 nitrogen and oxygen atoms in total. The van der Waals surface area contributed by atoms with Gasteiger partial charge in [0, 0.05) is 0 Å². The van der Waals surface area contributed by atoms with Gasteiger partial charge in [0.1, 0.15) is 0 Å². The number of hydrogen-bond acceptors (Lipinski definition) is 3. The number of benzene rings is 1. The zero-order valence-corrected chi connectivity index (χ0v) is 11.8. The van der Waals surface area contributed by atoms with Crippen LogP contribution in [0.15, 0.2) is 45.5 Å². The van der Waals surface area contributed by atoms with Crippen LogP contribution in [0.4, 0.5) is 0 Å². The molecule has 0 atom stereocenters. The van der Waals surface area contributed by atoms with Gasteiger partial charge in [-0.15, -0.1) is 5.73 Å². The van der Waals surface area contributed by atoms with Crippen LogP contribution < -0.4 is 0 Å². The second kappa shape index (κ2) is 6.17. The summed E-state index contributed by atoms with van der Waals surface area (Å²) in [4.78, 5) is 0.293. The van der Waals surface area contributed by atoms with Crippen LogP contribution in [0.5, 0.6) is 0 Å². The Bertz CT molecular complexity index is 538. The van der Waals surface area contributed by atoms with E-state index in [1.54, 1.807) is 24.3 Å². The third-order valence-corrected chi connectivity index (χ3v) is 4.16. The Morgan fingerprint density at radius 3 is 2.53 bits per heavy atom. The van der Waals surface area contributed by atoms with E-state index in [-0.39, 0.29) is 12.4 Å². The zero-order valence-electron chi connectivity index (χ0n) is 9.35. The molecule has 1 aromatic rings. The fourth-order valence-corrected chi connectivity index (χ4v) is 2.36. The molecule has 0 amide bonds. The second-order valence-electron chi connectivity index (χ2n) is 3.51. The van der Waals surface area contributed by atoms with Crippen LogP contribution in [0.25, 0.3) is 0 Å². The van der Waals surface area contributed by atoms with Gasteiger partial charge in [0.25, 0.3) is 0 Å². The average Bonchev–Trinajstić information content (AvgIpc) is 2.29. The first-order chi connectivity index (χ1) is 7.95. The minimum Gasteiger partial charge on any atom is -0.390 e. The van der Waals surface area contributed by atoms with Crippen molar-refractivity contribution in [2.24, 2.45) is 0 Å². The molecule has 0 aliphatic heterocycles. The van der Waals surface area contributed by atoms with Crippen molar-refractivity contribution in [3.05, 3.63) is 46.1 Å². The van der Waals surface area contributed by atoms with Gasteiger partial charge in [0.15, 0.2) is 9.84 Å². The van der Waals surface area contributed by atoms with Crippen molar-refractivity contribution in [1.29, 1.82) is 0 Å². The van der Waals surface area contributed by atoms with Gasteiger partial charge >= 0.3 is 0 Å². The van der Waals surface area contributed by atoms with E-state index < -0.39 is 9.84 Å². The molecule has 1 N–H and O–H groups in total. The number of rotatable bonds is 4. The van der Waals surface area contributed by atoms with E-state index in [1.807, 2.05) is 6.92 Å². The molecule has 0 bridgehead atoms. The predicted molar refractivity (Wildman–Crippen MR) is 70.8 cm³/mol. The SMILES string of the molecule is Cc1ccc(S(=O)(=O)CC=C=C(Br)CO)cc1. The fraction of sp³-hybridized carbons (Fsp3) is 0.250. The van der Waals surface area contributed by atoms with Crippen LogP contribution in [0.3, 0.4) is 0 Å². The largest absolute Gasteiger partial charge is 0.390 e. The molecule has 5 heteroatoms. The minimum absolute atomic E-state index is 0.134. The van der Waals surface area contributed by atoms with Crippen LogP contribution in [0, 0.1) is 6.92 Å². The fourth-order valence-electron chi connectivity index (χ4n) is 1.15. The molecular formula is C12H13BrO3S. The van der Waals surface area contributed by atoms with Crippen molar-refractivity contribution >= 4 is 25.8 Å². The van der Waals surface area contributed by atoms with E-state index in [0.29, 0.717) is 9.38 Å². The second-order valence-corrected chi connectivity index (χ2v) is 6.50. The number of aliphatic hydroxyl groups excluding tert-OH is 1. The summed E-state index contributed by atoms with van der Waals surface area (Å²) < 4.78 is 24.1. The summed E-state index contributed by atoms with van der Waals surface area (Å²) in [6, 6.07) is 6.69. The number of aliphatic hydroxyl groups is 1. The molecule has 0 aromatic heterocycles.